The highest BCUT2D eigenvalue weighted by molar-refractivity contribution is 9.10. The summed E-state index contributed by atoms with van der Waals surface area (Å²) in [6, 6.07) is 12.2. The van der Waals surface area contributed by atoms with Crippen LogP contribution >= 0.6 is 27.5 Å². The van der Waals surface area contributed by atoms with Crippen molar-refractivity contribution in [3.8, 4) is 0 Å². The van der Waals surface area contributed by atoms with Crippen LogP contribution in [0.25, 0.3) is 0 Å². The summed E-state index contributed by atoms with van der Waals surface area (Å²) in [5.74, 6) is 0. The van der Waals surface area contributed by atoms with E-state index in [1.54, 1.807) is 12.1 Å². The maximum atomic E-state index is 11.3. The largest absolute Gasteiger partial charge is 0.309 e. The molecule has 0 radical (unpaired) electrons. The van der Waals surface area contributed by atoms with E-state index in [4.69, 9.17) is 16.7 Å². The molecule has 0 fully saturated rings. The Kier molecular flexibility index (Phi) is 5.40. The maximum absolute atomic E-state index is 11.3. The van der Waals surface area contributed by atoms with Crippen LogP contribution < -0.4 is 10.5 Å². The molecule has 0 aliphatic rings. The number of hydrogen-bond acceptors (Lipinski definition) is 3. The predicted molar refractivity (Wildman–Crippen MR) is 87.5 cm³/mol. The summed E-state index contributed by atoms with van der Waals surface area (Å²) in [6.45, 7) is 1.18. The zero-order valence-corrected chi connectivity index (χ0v) is 14.2. The molecule has 2 aromatic rings. The van der Waals surface area contributed by atoms with Gasteiger partial charge in [-0.05, 0) is 35.4 Å². The molecule has 112 valence electrons. The molecule has 0 aliphatic heterocycles. The van der Waals surface area contributed by atoms with E-state index in [2.05, 4.69) is 21.2 Å². The average Bonchev–Trinajstić information content (AvgIpc) is 2.41. The van der Waals surface area contributed by atoms with Crippen molar-refractivity contribution >= 4 is 37.6 Å². The molecule has 4 nitrogen and oxygen atoms in total. The number of nitrogens with two attached hydrogens (primary N) is 1. The van der Waals surface area contributed by atoms with Crippen LogP contribution in [0.3, 0.4) is 0 Å². The topological polar surface area (TPSA) is 72.2 Å². The van der Waals surface area contributed by atoms with Gasteiger partial charge in [-0.25, -0.2) is 13.6 Å². The van der Waals surface area contributed by atoms with Crippen LogP contribution in [0.5, 0.6) is 0 Å². The van der Waals surface area contributed by atoms with E-state index in [0.717, 1.165) is 15.6 Å². The van der Waals surface area contributed by atoms with Gasteiger partial charge in [0.1, 0.15) is 0 Å². The van der Waals surface area contributed by atoms with Gasteiger partial charge in [-0.3, -0.25) is 0 Å². The van der Waals surface area contributed by atoms with Gasteiger partial charge in [0.15, 0.2) is 0 Å². The molecule has 0 amide bonds. The number of benzene rings is 2. The monoisotopic (exact) mass is 388 g/mol. The van der Waals surface area contributed by atoms with Crippen molar-refractivity contribution in [2.45, 2.75) is 18.0 Å². The Labute approximate surface area is 137 Å². The fraction of sp³-hybridized carbons (Fsp3) is 0.143. The van der Waals surface area contributed by atoms with Crippen molar-refractivity contribution in [1.82, 2.24) is 5.32 Å². The number of hydrogen-bond donors (Lipinski definition) is 2. The molecular weight excluding hydrogens is 376 g/mol. The molecule has 0 heterocycles. The Hall–Kier alpha value is -0.920. The number of halogens is 2. The molecule has 7 heteroatoms. The molecule has 0 bridgehead atoms. The van der Waals surface area contributed by atoms with Gasteiger partial charge < -0.3 is 5.32 Å². The first-order valence-electron chi connectivity index (χ1n) is 6.12. The van der Waals surface area contributed by atoms with Crippen LogP contribution in [-0.2, 0) is 23.1 Å². The van der Waals surface area contributed by atoms with Gasteiger partial charge >= 0.3 is 0 Å². The standard InChI is InChI=1S/C14H14BrClN2O2S/c15-14-7-12(16)5-4-11(14)9-18-8-10-2-1-3-13(6-10)21(17,19)20/h1-7,18H,8-9H2,(H2,17,19,20). The lowest BCUT2D eigenvalue weighted by Gasteiger charge is -2.08. The summed E-state index contributed by atoms with van der Waals surface area (Å²) in [7, 11) is -3.66. The van der Waals surface area contributed by atoms with Crippen molar-refractivity contribution in [3.63, 3.8) is 0 Å². The first-order valence-corrected chi connectivity index (χ1v) is 8.84. The van der Waals surface area contributed by atoms with Gasteiger partial charge in [0.05, 0.1) is 4.90 Å². The molecule has 3 N–H and O–H groups in total. The molecule has 0 aromatic heterocycles. The second-order valence-corrected chi connectivity index (χ2v) is 7.38. The normalized spacial score (nSPS) is 11.6. The summed E-state index contributed by atoms with van der Waals surface area (Å²) >= 11 is 9.34. The van der Waals surface area contributed by atoms with Gasteiger partial charge in [-0.2, -0.15) is 0 Å². The van der Waals surface area contributed by atoms with Crippen LogP contribution in [-0.4, -0.2) is 8.42 Å². The SMILES string of the molecule is NS(=O)(=O)c1cccc(CNCc2ccc(Cl)cc2Br)c1. The highest BCUT2D eigenvalue weighted by Gasteiger charge is 2.07. The van der Waals surface area contributed by atoms with Crippen molar-refractivity contribution in [1.29, 1.82) is 0 Å². The Morgan fingerprint density at radius 3 is 2.57 bits per heavy atom. The number of rotatable bonds is 5. The summed E-state index contributed by atoms with van der Waals surface area (Å²) in [5, 5.41) is 9.03. The average molecular weight is 390 g/mol. The third kappa shape index (κ3) is 4.79. The quantitative estimate of drug-likeness (QED) is 0.825. The molecule has 2 aromatic carbocycles. The van der Waals surface area contributed by atoms with Gasteiger partial charge in [0.2, 0.25) is 10.0 Å². The highest BCUT2D eigenvalue weighted by Crippen LogP contribution is 2.21. The smallest absolute Gasteiger partial charge is 0.238 e. The maximum Gasteiger partial charge on any atom is 0.238 e. The Balaban J connectivity index is 2.01. The summed E-state index contributed by atoms with van der Waals surface area (Å²) in [4.78, 5) is 0.120. The zero-order valence-electron chi connectivity index (χ0n) is 11.0. The van der Waals surface area contributed by atoms with Crippen LogP contribution in [0.4, 0.5) is 0 Å². The predicted octanol–water partition coefficient (Wildman–Crippen LogP) is 3.04. The highest BCUT2D eigenvalue weighted by atomic mass is 79.9. The van der Waals surface area contributed by atoms with Gasteiger partial charge in [0.25, 0.3) is 0 Å². The van der Waals surface area contributed by atoms with E-state index in [1.807, 2.05) is 24.3 Å². The minimum absolute atomic E-state index is 0.120. The van der Waals surface area contributed by atoms with Crippen LogP contribution in [0, 0.1) is 0 Å². The molecular formula is C14H14BrClN2O2S. The molecule has 2 rings (SSSR count). The third-order valence-corrected chi connectivity index (χ3v) is 4.77. The fourth-order valence-corrected chi connectivity index (χ4v) is 3.25. The lowest BCUT2D eigenvalue weighted by molar-refractivity contribution is 0.597. The molecule has 0 atom stereocenters. The third-order valence-electron chi connectivity index (χ3n) is 2.89. The van der Waals surface area contributed by atoms with Crippen LogP contribution in [0.1, 0.15) is 11.1 Å². The Morgan fingerprint density at radius 1 is 1.14 bits per heavy atom. The van der Waals surface area contributed by atoms with E-state index in [0.29, 0.717) is 18.1 Å². The first-order chi connectivity index (χ1) is 9.86. The lowest BCUT2D eigenvalue weighted by Crippen LogP contribution is -2.15. The molecule has 21 heavy (non-hydrogen) atoms. The van der Waals surface area contributed by atoms with Gasteiger partial charge in [0, 0.05) is 22.6 Å². The second kappa shape index (κ2) is 6.89. The molecule has 0 saturated carbocycles. The van der Waals surface area contributed by atoms with Crippen LogP contribution in [0.2, 0.25) is 5.02 Å². The minimum Gasteiger partial charge on any atom is -0.309 e. The van der Waals surface area contributed by atoms with Gasteiger partial charge in [-0.15, -0.1) is 0 Å². The van der Waals surface area contributed by atoms with E-state index in [1.165, 1.54) is 6.07 Å². The van der Waals surface area contributed by atoms with E-state index < -0.39 is 10.0 Å². The van der Waals surface area contributed by atoms with E-state index >= 15 is 0 Å². The first kappa shape index (κ1) is 16.5. The van der Waals surface area contributed by atoms with Crippen molar-refractivity contribution in [3.05, 3.63) is 63.1 Å². The number of nitrogens with one attached hydrogen (secondary N) is 1. The van der Waals surface area contributed by atoms with E-state index in [-0.39, 0.29) is 4.90 Å². The van der Waals surface area contributed by atoms with Crippen molar-refractivity contribution in [2.75, 3.05) is 0 Å². The number of primary sulfonamides is 1. The Bertz CT molecular complexity index is 750. The van der Waals surface area contributed by atoms with Gasteiger partial charge in [-0.1, -0.05) is 45.7 Å². The van der Waals surface area contributed by atoms with Crippen molar-refractivity contribution in [2.24, 2.45) is 5.14 Å². The van der Waals surface area contributed by atoms with Crippen molar-refractivity contribution < 1.29 is 8.42 Å². The summed E-state index contributed by atoms with van der Waals surface area (Å²) < 4.78 is 23.5. The fourth-order valence-electron chi connectivity index (χ4n) is 1.84. The summed E-state index contributed by atoms with van der Waals surface area (Å²) in [6.07, 6.45) is 0. The molecule has 0 aliphatic carbocycles. The molecule has 0 saturated heterocycles. The minimum atomic E-state index is -3.66. The summed E-state index contributed by atoms with van der Waals surface area (Å²) in [5.41, 5.74) is 1.92. The lowest BCUT2D eigenvalue weighted by atomic mass is 10.2. The zero-order chi connectivity index (χ0) is 15.5. The Morgan fingerprint density at radius 2 is 1.90 bits per heavy atom. The van der Waals surface area contributed by atoms with E-state index in [9.17, 15) is 8.42 Å². The van der Waals surface area contributed by atoms with Crippen LogP contribution in [0.15, 0.2) is 51.8 Å². The molecule has 0 spiro atoms. The second-order valence-electron chi connectivity index (χ2n) is 4.53. The number of sulfonamides is 1. The molecule has 0 unspecified atom stereocenters.